The highest BCUT2D eigenvalue weighted by Gasteiger charge is 2.49. The highest BCUT2D eigenvalue weighted by Crippen LogP contribution is 2.41. The fourth-order valence-electron chi connectivity index (χ4n) is 3.58. The second kappa shape index (κ2) is 7.68. The summed E-state index contributed by atoms with van der Waals surface area (Å²) in [6.07, 6.45) is -2.96. The summed E-state index contributed by atoms with van der Waals surface area (Å²) in [5.41, 5.74) is 0.677. The van der Waals surface area contributed by atoms with E-state index in [0.717, 1.165) is 0 Å². The number of hydrogen-bond acceptors (Lipinski definition) is 9. The van der Waals surface area contributed by atoms with Crippen molar-refractivity contribution in [1.29, 1.82) is 0 Å². The van der Waals surface area contributed by atoms with Crippen LogP contribution in [0.3, 0.4) is 0 Å². The van der Waals surface area contributed by atoms with Gasteiger partial charge in [0.1, 0.15) is 24.4 Å². The first-order valence-electron chi connectivity index (χ1n) is 8.14. The van der Waals surface area contributed by atoms with Crippen LogP contribution >= 0.6 is 0 Å². The SMILES string of the molecule is CO[C@H]1C=C(CO)[C@H]2[C@H](O[C@@H]3O[C@H](CO)[C@@H](O)[C@H](O)[C@H]3O)OC=C[C@H]21. The number of rotatable bonds is 5. The topological polar surface area (TPSA) is 138 Å². The summed E-state index contributed by atoms with van der Waals surface area (Å²) in [6, 6.07) is 0. The van der Waals surface area contributed by atoms with E-state index >= 15 is 0 Å². The Labute approximate surface area is 144 Å². The number of ether oxygens (including phenoxy) is 4. The zero-order valence-corrected chi connectivity index (χ0v) is 13.7. The average molecular weight is 360 g/mol. The Hall–Kier alpha value is -1.04. The molecule has 2 heterocycles. The molecule has 9 atom stereocenters. The highest BCUT2D eigenvalue weighted by molar-refractivity contribution is 5.26. The molecule has 0 spiro atoms. The molecule has 1 saturated heterocycles. The lowest BCUT2D eigenvalue weighted by Gasteiger charge is -2.42. The molecular formula is C16H24O9. The Morgan fingerprint density at radius 2 is 1.84 bits per heavy atom. The summed E-state index contributed by atoms with van der Waals surface area (Å²) in [5, 5.41) is 48.7. The Bertz CT molecular complexity index is 520. The van der Waals surface area contributed by atoms with Gasteiger partial charge in [0.15, 0.2) is 6.29 Å². The Morgan fingerprint density at radius 3 is 2.48 bits per heavy atom. The zero-order chi connectivity index (χ0) is 18.1. The van der Waals surface area contributed by atoms with Crippen molar-refractivity contribution in [3.05, 3.63) is 24.0 Å². The molecule has 9 heteroatoms. The molecule has 2 aliphatic heterocycles. The molecule has 0 radical (unpaired) electrons. The lowest BCUT2D eigenvalue weighted by atomic mass is 9.88. The van der Waals surface area contributed by atoms with Crippen molar-refractivity contribution in [3.8, 4) is 0 Å². The normalized spacial score (nSPS) is 46.5. The molecule has 0 aromatic carbocycles. The van der Waals surface area contributed by atoms with Crippen LogP contribution in [0, 0.1) is 11.8 Å². The van der Waals surface area contributed by atoms with Crippen molar-refractivity contribution < 1.29 is 44.5 Å². The number of fused-ring (bicyclic) bond motifs is 1. The summed E-state index contributed by atoms with van der Waals surface area (Å²) in [7, 11) is 1.56. The molecule has 3 aliphatic rings. The van der Waals surface area contributed by atoms with Gasteiger partial charge in [-0.05, 0) is 11.6 Å². The van der Waals surface area contributed by atoms with E-state index in [0.29, 0.717) is 5.57 Å². The Balaban J connectivity index is 1.76. The zero-order valence-electron chi connectivity index (χ0n) is 13.7. The third-order valence-corrected chi connectivity index (χ3v) is 4.98. The summed E-state index contributed by atoms with van der Waals surface area (Å²) in [5.74, 6) is -0.469. The molecule has 142 valence electrons. The lowest BCUT2D eigenvalue weighted by molar-refractivity contribution is -0.339. The van der Waals surface area contributed by atoms with Crippen molar-refractivity contribution in [2.75, 3.05) is 20.3 Å². The fraction of sp³-hybridized carbons (Fsp3) is 0.750. The average Bonchev–Trinajstić information content (AvgIpc) is 3.01. The van der Waals surface area contributed by atoms with Crippen LogP contribution in [0.2, 0.25) is 0 Å². The van der Waals surface area contributed by atoms with E-state index in [1.54, 1.807) is 13.2 Å². The number of aliphatic hydroxyl groups excluding tert-OH is 5. The van der Waals surface area contributed by atoms with E-state index < -0.39 is 43.6 Å². The van der Waals surface area contributed by atoms with Crippen molar-refractivity contribution in [2.24, 2.45) is 11.8 Å². The number of aliphatic hydroxyl groups is 5. The minimum Gasteiger partial charge on any atom is -0.472 e. The van der Waals surface area contributed by atoms with Gasteiger partial charge < -0.3 is 44.5 Å². The number of methoxy groups -OCH3 is 1. The maximum absolute atomic E-state index is 10.1. The van der Waals surface area contributed by atoms with Gasteiger partial charge in [0, 0.05) is 13.0 Å². The minimum absolute atomic E-state index is 0.115. The van der Waals surface area contributed by atoms with E-state index in [9.17, 15) is 25.5 Å². The van der Waals surface area contributed by atoms with E-state index in [-0.39, 0.29) is 24.5 Å². The van der Waals surface area contributed by atoms with Crippen molar-refractivity contribution in [3.63, 3.8) is 0 Å². The minimum atomic E-state index is -1.53. The predicted molar refractivity (Wildman–Crippen MR) is 81.8 cm³/mol. The van der Waals surface area contributed by atoms with Gasteiger partial charge >= 0.3 is 0 Å². The second-order valence-electron chi connectivity index (χ2n) is 6.37. The van der Waals surface area contributed by atoms with Crippen LogP contribution in [0.4, 0.5) is 0 Å². The van der Waals surface area contributed by atoms with Gasteiger partial charge in [-0.1, -0.05) is 6.08 Å². The van der Waals surface area contributed by atoms with Gasteiger partial charge in [-0.15, -0.1) is 0 Å². The predicted octanol–water partition coefficient (Wildman–Crippen LogP) is -2.15. The van der Waals surface area contributed by atoms with Crippen LogP contribution in [0.1, 0.15) is 0 Å². The molecule has 5 N–H and O–H groups in total. The van der Waals surface area contributed by atoms with E-state index in [4.69, 9.17) is 18.9 Å². The molecule has 0 amide bonds. The van der Waals surface area contributed by atoms with Gasteiger partial charge in [-0.3, -0.25) is 0 Å². The lowest BCUT2D eigenvalue weighted by Crippen LogP contribution is -2.60. The van der Waals surface area contributed by atoms with E-state index in [2.05, 4.69) is 0 Å². The standard InChI is InChI=1S/C16H24O9/c1-22-9-4-7(5-17)11-8(9)2-3-23-15(11)25-16-14(21)13(20)12(19)10(6-18)24-16/h2-4,8-21H,5-6H2,1H3/t8-,9-,10+,11+,12+,13-,14+,15-,16-/m0/s1. The molecule has 0 saturated carbocycles. The maximum atomic E-state index is 10.1. The van der Waals surface area contributed by atoms with Crippen LogP contribution in [-0.2, 0) is 18.9 Å². The Kier molecular flexibility index (Phi) is 5.76. The van der Waals surface area contributed by atoms with Gasteiger partial charge in [0.2, 0.25) is 6.29 Å². The third-order valence-electron chi connectivity index (χ3n) is 4.98. The fourth-order valence-corrected chi connectivity index (χ4v) is 3.58. The molecule has 1 fully saturated rings. The molecule has 0 aromatic rings. The highest BCUT2D eigenvalue weighted by atomic mass is 16.8. The van der Waals surface area contributed by atoms with Crippen LogP contribution in [0.5, 0.6) is 0 Å². The molecule has 0 bridgehead atoms. The smallest absolute Gasteiger partial charge is 0.209 e. The molecule has 0 unspecified atom stereocenters. The Morgan fingerprint density at radius 1 is 1.08 bits per heavy atom. The van der Waals surface area contributed by atoms with Gasteiger partial charge in [-0.25, -0.2) is 0 Å². The summed E-state index contributed by atoms with van der Waals surface area (Å²) in [6.45, 7) is -0.747. The van der Waals surface area contributed by atoms with Crippen molar-refractivity contribution >= 4 is 0 Å². The van der Waals surface area contributed by atoms with E-state index in [1.165, 1.54) is 6.26 Å². The quantitative estimate of drug-likeness (QED) is 0.347. The van der Waals surface area contributed by atoms with E-state index in [1.807, 2.05) is 6.08 Å². The first-order chi connectivity index (χ1) is 12.0. The first-order valence-corrected chi connectivity index (χ1v) is 8.14. The van der Waals surface area contributed by atoms with Crippen LogP contribution in [-0.4, -0.2) is 89.0 Å². The molecule has 3 rings (SSSR count). The third kappa shape index (κ3) is 3.34. The van der Waals surface area contributed by atoms with Gasteiger partial charge in [0.25, 0.3) is 0 Å². The summed E-state index contributed by atoms with van der Waals surface area (Å²) < 4.78 is 21.9. The number of hydrogen-bond donors (Lipinski definition) is 5. The molecule has 25 heavy (non-hydrogen) atoms. The molecule has 1 aliphatic carbocycles. The van der Waals surface area contributed by atoms with Crippen LogP contribution < -0.4 is 0 Å². The monoisotopic (exact) mass is 360 g/mol. The van der Waals surface area contributed by atoms with Gasteiger partial charge in [0.05, 0.1) is 31.5 Å². The summed E-state index contributed by atoms with van der Waals surface area (Å²) in [4.78, 5) is 0. The second-order valence-corrected chi connectivity index (χ2v) is 6.37. The molecule has 0 aromatic heterocycles. The largest absolute Gasteiger partial charge is 0.472 e. The molecule has 9 nitrogen and oxygen atoms in total. The van der Waals surface area contributed by atoms with Crippen LogP contribution in [0.25, 0.3) is 0 Å². The van der Waals surface area contributed by atoms with Crippen molar-refractivity contribution in [2.45, 2.75) is 43.1 Å². The first kappa shape index (κ1) is 18.7. The molecular weight excluding hydrogens is 336 g/mol. The van der Waals surface area contributed by atoms with Gasteiger partial charge in [-0.2, -0.15) is 0 Å². The summed E-state index contributed by atoms with van der Waals surface area (Å²) >= 11 is 0. The maximum Gasteiger partial charge on any atom is 0.209 e. The van der Waals surface area contributed by atoms with Crippen LogP contribution in [0.15, 0.2) is 24.0 Å². The van der Waals surface area contributed by atoms with Crippen molar-refractivity contribution in [1.82, 2.24) is 0 Å².